The van der Waals surface area contributed by atoms with Crippen LogP contribution in [0.2, 0.25) is 0 Å². The Morgan fingerprint density at radius 1 is 1.20 bits per heavy atom. The molecule has 4 rings (SSSR count). The molecule has 2 aromatic carbocycles. The highest BCUT2D eigenvalue weighted by Crippen LogP contribution is 2.47. The number of carbonyl (C=O) groups excluding carboxylic acids is 2. The Hall–Kier alpha value is -3.61. The predicted molar refractivity (Wildman–Crippen MR) is 163 cm³/mol. The van der Waals surface area contributed by atoms with Gasteiger partial charge in [-0.15, -0.1) is 0 Å². The minimum absolute atomic E-state index is 0.0738. The highest BCUT2D eigenvalue weighted by Gasteiger charge is 2.57. The number of aliphatic hydroxyl groups excluding tert-OH is 1. The quantitative estimate of drug-likeness (QED) is 0.171. The van der Waals surface area contributed by atoms with Crippen LogP contribution in [-0.4, -0.2) is 71.3 Å². The van der Waals surface area contributed by atoms with Crippen LogP contribution >= 0.6 is 7.75 Å². The molecule has 0 aromatic heterocycles. The van der Waals surface area contributed by atoms with Crippen molar-refractivity contribution in [3.63, 3.8) is 0 Å². The highest BCUT2D eigenvalue weighted by atomic mass is 31.2. The van der Waals surface area contributed by atoms with E-state index in [9.17, 15) is 23.7 Å². The third-order valence-electron chi connectivity index (χ3n) is 7.12. The fourth-order valence-corrected chi connectivity index (χ4v) is 6.24. The predicted octanol–water partition coefficient (Wildman–Crippen LogP) is 4.54. The van der Waals surface area contributed by atoms with Gasteiger partial charge in [-0.25, -0.2) is 13.3 Å². The summed E-state index contributed by atoms with van der Waals surface area (Å²) in [6.45, 7) is 9.16. The molecule has 3 N–H and O–H groups in total. The second kappa shape index (κ2) is 14.2. The van der Waals surface area contributed by atoms with Crippen LogP contribution in [-0.2, 0) is 28.2 Å². The van der Waals surface area contributed by atoms with Crippen LogP contribution in [0, 0.1) is 5.82 Å². The van der Waals surface area contributed by atoms with Gasteiger partial charge in [-0.3, -0.25) is 14.1 Å². The van der Waals surface area contributed by atoms with Crippen molar-refractivity contribution in [2.45, 2.75) is 70.4 Å². The molecular formula is C31H38F2N3O8P. The summed E-state index contributed by atoms with van der Waals surface area (Å²) < 4.78 is 65.3. The standard InChI is InChI=1S/C31H38F2N3O8P/c1-19(2)42-29(39)20(3)35-45(40,44-25-14-10-23(11-15-25)7-6-22-8-12-24(32)13-9-22)41-18-26-28(38)31(5,33)30(43-26)36-17-16-27(37)34-21(36)4/h6-15,19-20,26,28,30,38H,4,16-18H2,1-3,5H3,(H,34,37)(H,35,40)/b7-6+/t20-,26+,28+,30+,31+,45?/m0/s1. The zero-order chi connectivity index (χ0) is 32.9. The number of nitrogens with one attached hydrogen (secondary N) is 2. The number of benzene rings is 2. The van der Waals surface area contributed by atoms with Crippen molar-refractivity contribution in [1.82, 2.24) is 15.3 Å². The number of aliphatic hydroxyl groups is 1. The molecule has 6 atom stereocenters. The van der Waals surface area contributed by atoms with E-state index in [4.69, 9.17) is 18.5 Å². The van der Waals surface area contributed by atoms with Gasteiger partial charge in [-0.2, -0.15) is 5.09 Å². The lowest BCUT2D eigenvalue weighted by Gasteiger charge is -2.39. The first-order valence-corrected chi connectivity index (χ1v) is 15.9. The molecule has 2 aliphatic rings. The van der Waals surface area contributed by atoms with Crippen molar-refractivity contribution in [2.75, 3.05) is 13.2 Å². The van der Waals surface area contributed by atoms with Crippen molar-refractivity contribution >= 4 is 31.8 Å². The largest absolute Gasteiger partial charge is 0.462 e. The van der Waals surface area contributed by atoms with E-state index < -0.39 is 56.6 Å². The third kappa shape index (κ3) is 8.77. The zero-order valence-corrected chi connectivity index (χ0v) is 26.3. The molecule has 2 heterocycles. The normalized spacial score (nSPS) is 25.7. The Morgan fingerprint density at radius 2 is 1.80 bits per heavy atom. The van der Waals surface area contributed by atoms with Crippen molar-refractivity contribution < 1.29 is 46.6 Å². The number of nitrogens with zero attached hydrogens (tertiary/aromatic N) is 1. The zero-order valence-electron chi connectivity index (χ0n) is 25.4. The van der Waals surface area contributed by atoms with E-state index in [-0.39, 0.29) is 36.3 Å². The fraction of sp³-hybridized carbons (Fsp3) is 0.419. The Kier molecular flexibility index (Phi) is 10.8. The highest BCUT2D eigenvalue weighted by molar-refractivity contribution is 7.52. The van der Waals surface area contributed by atoms with Crippen LogP contribution < -0.4 is 14.9 Å². The van der Waals surface area contributed by atoms with Crippen LogP contribution in [0.25, 0.3) is 12.2 Å². The van der Waals surface area contributed by atoms with E-state index in [1.165, 1.54) is 36.1 Å². The molecule has 2 aromatic rings. The van der Waals surface area contributed by atoms with E-state index >= 15 is 4.39 Å². The van der Waals surface area contributed by atoms with Gasteiger partial charge in [0.15, 0.2) is 11.9 Å². The summed E-state index contributed by atoms with van der Waals surface area (Å²) in [5.41, 5.74) is -0.767. The van der Waals surface area contributed by atoms with Crippen LogP contribution in [0.5, 0.6) is 5.75 Å². The Bertz CT molecular complexity index is 1450. The molecule has 2 saturated heterocycles. The van der Waals surface area contributed by atoms with Gasteiger partial charge in [0.05, 0.1) is 12.7 Å². The molecule has 1 unspecified atom stereocenters. The second-order valence-electron chi connectivity index (χ2n) is 11.2. The maximum atomic E-state index is 15.8. The Labute approximate surface area is 260 Å². The van der Waals surface area contributed by atoms with E-state index in [0.717, 1.165) is 18.1 Å². The van der Waals surface area contributed by atoms with E-state index in [2.05, 4.69) is 17.0 Å². The monoisotopic (exact) mass is 649 g/mol. The van der Waals surface area contributed by atoms with Crippen molar-refractivity contribution in [2.24, 2.45) is 0 Å². The summed E-state index contributed by atoms with van der Waals surface area (Å²) in [6, 6.07) is 11.3. The van der Waals surface area contributed by atoms with Gasteiger partial charge in [0.25, 0.3) is 0 Å². The summed E-state index contributed by atoms with van der Waals surface area (Å²) in [5, 5.41) is 15.9. The number of hydrogen-bond acceptors (Lipinski definition) is 9. The molecule has 14 heteroatoms. The summed E-state index contributed by atoms with van der Waals surface area (Å²) in [6.07, 6.45) is -1.11. The van der Waals surface area contributed by atoms with Gasteiger partial charge in [-0.1, -0.05) is 43.0 Å². The van der Waals surface area contributed by atoms with Gasteiger partial charge >= 0.3 is 13.7 Å². The topological polar surface area (TPSA) is 136 Å². The molecular weight excluding hydrogens is 611 g/mol. The Morgan fingerprint density at radius 3 is 2.38 bits per heavy atom. The maximum Gasteiger partial charge on any atom is 0.459 e. The molecule has 244 valence electrons. The molecule has 11 nitrogen and oxygen atoms in total. The number of rotatable bonds is 12. The minimum Gasteiger partial charge on any atom is -0.462 e. The molecule has 0 radical (unpaired) electrons. The first-order valence-electron chi connectivity index (χ1n) is 14.4. The maximum absolute atomic E-state index is 15.8. The van der Waals surface area contributed by atoms with Gasteiger partial charge < -0.3 is 29.3 Å². The molecule has 2 fully saturated rings. The molecule has 0 spiro atoms. The van der Waals surface area contributed by atoms with E-state index in [1.807, 2.05) is 0 Å². The molecule has 0 saturated carbocycles. The first kappa shape index (κ1) is 34.3. The average Bonchev–Trinajstić information content (AvgIpc) is 3.19. The number of halogens is 2. The van der Waals surface area contributed by atoms with E-state index in [0.29, 0.717) is 0 Å². The summed E-state index contributed by atoms with van der Waals surface area (Å²) >= 11 is 0. The van der Waals surface area contributed by atoms with Crippen LogP contribution in [0.15, 0.2) is 60.9 Å². The number of hydrogen-bond donors (Lipinski definition) is 3. The number of alkyl halides is 1. The fourth-order valence-electron chi connectivity index (χ4n) is 4.73. The van der Waals surface area contributed by atoms with Crippen molar-refractivity contribution in [3.8, 4) is 5.75 Å². The molecule has 1 amide bonds. The van der Waals surface area contributed by atoms with Crippen molar-refractivity contribution in [3.05, 3.63) is 77.9 Å². The van der Waals surface area contributed by atoms with Crippen LogP contribution in [0.3, 0.4) is 0 Å². The van der Waals surface area contributed by atoms with Crippen molar-refractivity contribution in [1.29, 1.82) is 0 Å². The first-order chi connectivity index (χ1) is 21.2. The number of ether oxygens (including phenoxy) is 2. The number of carbonyl (C=O) groups is 2. The van der Waals surface area contributed by atoms with Crippen LogP contribution in [0.4, 0.5) is 8.78 Å². The number of esters is 1. The van der Waals surface area contributed by atoms with Gasteiger partial charge in [-0.05, 0) is 63.1 Å². The minimum atomic E-state index is -4.38. The van der Waals surface area contributed by atoms with E-state index in [1.54, 1.807) is 50.3 Å². The van der Waals surface area contributed by atoms with Crippen LogP contribution in [0.1, 0.15) is 45.2 Å². The lowest BCUT2D eigenvalue weighted by Crippen LogP contribution is -2.54. The molecule has 0 bridgehead atoms. The lowest BCUT2D eigenvalue weighted by atomic mass is 9.97. The Balaban J connectivity index is 1.48. The summed E-state index contributed by atoms with van der Waals surface area (Å²) in [5.74, 6) is -1.08. The molecule has 2 aliphatic heterocycles. The second-order valence-corrected chi connectivity index (χ2v) is 12.9. The molecule has 45 heavy (non-hydrogen) atoms. The summed E-state index contributed by atoms with van der Waals surface area (Å²) in [7, 11) is -4.38. The SMILES string of the molecule is C=C1NC(=O)CCN1[C@@H]1O[C@H](COP(=O)(N[C@@H](C)C(=O)OC(C)C)Oc2ccc(/C=C/c3ccc(F)cc3)cc2)[C@@H](O)[C@@]1(C)F. The van der Waals surface area contributed by atoms with Gasteiger partial charge in [0.2, 0.25) is 5.91 Å². The van der Waals surface area contributed by atoms with Gasteiger partial charge in [0, 0.05) is 13.0 Å². The lowest BCUT2D eigenvalue weighted by molar-refractivity contribution is -0.149. The average molecular weight is 650 g/mol. The number of amides is 1. The summed E-state index contributed by atoms with van der Waals surface area (Å²) in [4.78, 5) is 25.6. The third-order valence-corrected chi connectivity index (χ3v) is 8.76. The molecule has 0 aliphatic carbocycles. The van der Waals surface area contributed by atoms with Gasteiger partial charge in [0.1, 0.15) is 35.6 Å². The smallest absolute Gasteiger partial charge is 0.459 e.